The lowest BCUT2D eigenvalue weighted by molar-refractivity contribution is -0.912. The fourth-order valence-electron chi connectivity index (χ4n) is 5.48. The Hall–Kier alpha value is -3.50. The summed E-state index contributed by atoms with van der Waals surface area (Å²) in [5, 5.41) is 33.9. The quantitative estimate of drug-likeness (QED) is 0.156. The number of hydrogen-bond acceptors (Lipinski definition) is 8. The number of piperidine rings is 2. The fourth-order valence-corrected chi connectivity index (χ4v) is 5.48. The van der Waals surface area contributed by atoms with Gasteiger partial charge < -0.3 is 78.1 Å². The van der Waals surface area contributed by atoms with Crippen molar-refractivity contribution in [2.75, 3.05) is 93.8 Å². The number of aromatic hydroxyl groups is 2. The SMILES string of the molecule is CN(C)C(=O)[O-].C[N+]1(CCNC(=O)COc2cccc(O)c2)CCCCC1.C[N+]1(CCNC(=O)COc2cccc(O)c2)CCCCC1.[I-]. The number of amides is 3. The second-order valence-corrected chi connectivity index (χ2v) is 13.1. The molecule has 49 heavy (non-hydrogen) atoms. The Morgan fingerprint density at radius 1 is 0.714 bits per heavy atom. The number of halogens is 1. The van der Waals surface area contributed by atoms with Crippen LogP contribution in [0.4, 0.5) is 4.79 Å². The Bertz CT molecular complexity index is 1180. The lowest BCUT2D eigenvalue weighted by atomic mass is 10.1. The van der Waals surface area contributed by atoms with Crippen molar-refractivity contribution >= 4 is 17.9 Å². The molecule has 0 radical (unpaired) electrons. The van der Waals surface area contributed by atoms with Gasteiger partial charge in [0.2, 0.25) is 0 Å². The van der Waals surface area contributed by atoms with Gasteiger partial charge in [0.1, 0.15) is 29.1 Å². The Morgan fingerprint density at radius 3 is 1.37 bits per heavy atom. The number of nitrogens with one attached hydrogen (secondary N) is 2. The van der Waals surface area contributed by atoms with Crippen molar-refractivity contribution in [1.29, 1.82) is 0 Å². The largest absolute Gasteiger partial charge is 1.00 e. The number of phenols is 2. The molecule has 0 saturated carbocycles. The number of likely N-dealkylation sites (N-methyl/N-ethyl adjacent to an activating group) is 2. The first-order valence-electron chi connectivity index (χ1n) is 16.7. The molecule has 2 heterocycles. The maximum atomic E-state index is 11.7. The summed E-state index contributed by atoms with van der Waals surface area (Å²) in [4.78, 5) is 34.0. The van der Waals surface area contributed by atoms with Gasteiger partial charge in [-0.1, -0.05) is 12.1 Å². The second-order valence-electron chi connectivity index (χ2n) is 13.1. The highest BCUT2D eigenvalue weighted by atomic mass is 127. The van der Waals surface area contributed by atoms with Gasteiger partial charge in [0.25, 0.3) is 11.8 Å². The number of phenolic OH excluding ortho intramolecular Hbond substituents is 2. The van der Waals surface area contributed by atoms with Gasteiger partial charge >= 0.3 is 0 Å². The number of rotatable bonds is 12. The molecule has 2 aromatic rings. The summed E-state index contributed by atoms with van der Waals surface area (Å²) in [5.41, 5.74) is 0. The van der Waals surface area contributed by atoms with Gasteiger partial charge in [-0.15, -0.1) is 0 Å². The first-order chi connectivity index (χ1) is 22.8. The molecule has 2 aromatic carbocycles. The number of nitrogens with zero attached hydrogens (tertiary/aromatic N) is 3. The Balaban J connectivity index is 0.000000413. The van der Waals surface area contributed by atoms with Crippen LogP contribution in [0.25, 0.3) is 0 Å². The van der Waals surface area contributed by atoms with Crippen molar-refractivity contribution in [3.63, 3.8) is 0 Å². The molecular formula is C35H56IN5O8. The average molecular weight is 802 g/mol. The topological polar surface area (TPSA) is 160 Å². The van der Waals surface area contributed by atoms with Crippen LogP contribution >= 0.6 is 0 Å². The number of ether oxygens (including phenoxy) is 2. The Kier molecular flexibility index (Phi) is 20.4. The molecule has 13 nitrogen and oxygen atoms in total. The molecule has 0 aromatic heterocycles. The monoisotopic (exact) mass is 801 g/mol. The zero-order valence-corrected chi connectivity index (χ0v) is 31.7. The van der Waals surface area contributed by atoms with E-state index in [9.17, 15) is 29.7 Å². The van der Waals surface area contributed by atoms with Gasteiger partial charge in [0, 0.05) is 26.2 Å². The van der Waals surface area contributed by atoms with E-state index in [0.717, 1.165) is 27.0 Å². The van der Waals surface area contributed by atoms with E-state index in [1.165, 1.54) is 90.9 Å². The van der Waals surface area contributed by atoms with Crippen LogP contribution in [0.1, 0.15) is 38.5 Å². The molecule has 2 fully saturated rings. The van der Waals surface area contributed by atoms with E-state index in [2.05, 4.69) is 24.7 Å². The number of quaternary nitrogens is 2. The number of likely N-dealkylation sites (tertiary alicyclic amines) is 2. The van der Waals surface area contributed by atoms with E-state index in [1.807, 2.05) is 0 Å². The minimum atomic E-state index is -1.16. The third-order valence-corrected chi connectivity index (χ3v) is 8.48. The highest BCUT2D eigenvalue weighted by Crippen LogP contribution is 2.19. The highest BCUT2D eigenvalue weighted by molar-refractivity contribution is 5.77. The van der Waals surface area contributed by atoms with Crippen LogP contribution in [0, 0.1) is 0 Å². The Morgan fingerprint density at radius 2 is 1.06 bits per heavy atom. The van der Waals surface area contributed by atoms with E-state index in [0.29, 0.717) is 24.6 Å². The molecule has 276 valence electrons. The smallest absolute Gasteiger partial charge is 0.258 e. The van der Waals surface area contributed by atoms with Crippen LogP contribution in [0.2, 0.25) is 0 Å². The third kappa shape index (κ3) is 19.3. The number of carbonyl (C=O) groups is 3. The van der Waals surface area contributed by atoms with Crippen LogP contribution in [0.3, 0.4) is 0 Å². The van der Waals surface area contributed by atoms with Crippen molar-refractivity contribution in [2.45, 2.75) is 38.5 Å². The number of carbonyl (C=O) groups excluding carboxylic acids is 3. The van der Waals surface area contributed by atoms with Crippen LogP contribution in [0.15, 0.2) is 48.5 Å². The van der Waals surface area contributed by atoms with Gasteiger partial charge in [-0.2, -0.15) is 0 Å². The molecule has 0 atom stereocenters. The van der Waals surface area contributed by atoms with Gasteiger partial charge in [-0.05, 0) is 62.8 Å². The standard InChI is InChI=1S/2C16H24N2O3.C3H7NO2.HI/c2*1-18(9-3-2-4-10-18)11-8-17-16(20)13-21-15-7-5-6-14(19)12-15;1-4(2)3(5)6;/h2*5-7,12H,2-4,8-11,13H2,1H3,(H-,17,19,20);1-2H3,(H,5,6);1H. The molecule has 0 spiro atoms. The van der Waals surface area contributed by atoms with Gasteiger partial charge in [-0.25, -0.2) is 0 Å². The third-order valence-electron chi connectivity index (χ3n) is 8.48. The summed E-state index contributed by atoms with van der Waals surface area (Å²) in [6.07, 6.45) is 6.64. The molecule has 0 unspecified atom stereocenters. The number of benzene rings is 2. The van der Waals surface area contributed by atoms with Crippen LogP contribution in [0.5, 0.6) is 23.0 Å². The van der Waals surface area contributed by atoms with Crippen molar-refractivity contribution in [2.24, 2.45) is 0 Å². The molecule has 3 amide bonds. The van der Waals surface area contributed by atoms with E-state index < -0.39 is 6.09 Å². The maximum absolute atomic E-state index is 11.7. The van der Waals surface area contributed by atoms with Crippen LogP contribution in [-0.4, -0.2) is 136 Å². The molecule has 14 heteroatoms. The molecule has 0 bridgehead atoms. The predicted molar refractivity (Wildman–Crippen MR) is 182 cm³/mol. The molecule has 4 N–H and O–H groups in total. The van der Waals surface area contributed by atoms with Crippen molar-refractivity contribution in [1.82, 2.24) is 15.5 Å². The summed E-state index contributed by atoms with van der Waals surface area (Å²) >= 11 is 0. The van der Waals surface area contributed by atoms with E-state index >= 15 is 0 Å². The van der Waals surface area contributed by atoms with Crippen molar-refractivity contribution in [3.8, 4) is 23.0 Å². The number of carboxylic acid groups (broad SMARTS) is 1. The lowest BCUT2D eigenvalue weighted by Gasteiger charge is -2.37. The molecule has 0 aliphatic carbocycles. The molecular weight excluding hydrogens is 745 g/mol. The summed E-state index contributed by atoms with van der Waals surface area (Å²) < 4.78 is 12.8. The average Bonchev–Trinajstić information content (AvgIpc) is 3.04. The summed E-state index contributed by atoms with van der Waals surface area (Å²) in [6.45, 7) is 8.07. The normalized spacial score (nSPS) is 15.7. The second kappa shape index (κ2) is 23.0. The fraction of sp³-hybridized carbons (Fsp3) is 0.571. The lowest BCUT2D eigenvalue weighted by Crippen LogP contribution is -3.00. The zero-order valence-electron chi connectivity index (χ0n) is 29.5. The van der Waals surface area contributed by atoms with Crippen molar-refractivity contribution in [3.05, 3.63) is 48.5 Å². The number of hydrogen-bond donors (Lipinski definition) is 4. The first kappa shape index (κ1) is 43.5. The van der Waals surface area contributed by atoms with Gasteiger partial charge in [-0.3, -0.25) is 9.59 Å². The van der Waals surface area contributed by atoms with Gasteiger partial charge in [0.15, 0.2) is 13.2 Å². The summed E-state index contributed by atoms with van der Waals surface area (Å²) in [5.74, 6) is 1.02. The van der Waals surface area contributed by atoms with E-state index in [1.54, 1.807) is 36.4 Å². The van der Waals surface area contributed by atoms with Crippen LogP contribution in [-0.2, 0) is 9.59 Å². The minimum Gasteiger partial charge on any atom is -1.00 e. The minimum absolute atomic E-state index is 0. The van der Waals surface area contributed by atoms with E-state index in [-0.39, 0.29) is 60.5 Å². The summed E-state index contributed by atoms with van der Waals surface area (Å²) in [6, 6.07) is 12.9. The summed E-state index contributed by atoms with van der Waals surface area (Å²) in [7, 11) is 7.34. The van der Waals surface area contributed by atoms with E-state index in [4.69, 9.17) is 9.47 Å². The predicted octanol–water partition coefficient (Wildman–Crippen LogP) is -1.07. The molecule has 4 rings (SSSR count). The molecule has 2 aliphatic rings. The Labute approximate surface area is 308 Å². The molecule has 2 saturated heterocycles. The molecule has 2 aliphatic heterocycles. The highest BCUT2D eigenvalue weighted by Gasteiger charge is 2.25. The van der Waals surface area contributed by atoms with Gasteiger partial charge in [0.05, 0.1) is 66.5 Å². The first-order valence-corrected chi connectivity index (χ1v) is 16.7. The maximum Gasteiger partial charge on any atom is 0.258 e. The van der Waals surface area contributed by atoms with Crippen molar-refractivity contribution < 1.29 is 72.1 Å². The zero-order chi connectivity index (χ0) is 35.4. The van der Waals surface area contributed by atoms with Crippen LogP contribution < -0.4 is 49.2 Å².